The van der Waals surface area contributed by atoms with Gasteiger partial charge in [0, 0.05) is 12.5 Å². The first-order chi connectivity index (χ1) is 10.1. The average Bonchev–Trinajstić information content (AvgIpc) is 2.52. The summed E-state index contributed by atoms with van der Waals surface area (Å²) in [4.78, 5) is 11.2. The summed E-state index contributed by atoms with van der Waals surface area (Å²) in [5.74, 6) is -0.882. The van der Waals surface area contributed by atoms with Gasteiger partial charge in [0.05, 0.1) is 5.56 Å². The quantitative estimate of drug-likeness (QED) is 0.718. The summed E-state index contributed by atoms with van der Waals surface area (Å²) in [5.41, 5.74) is 1.37. The Balaban J connectivity index is 2.42. The zero-order valence-electron chi connectivity index (χ0n) is 11.7. The van der Waals surface area contributed by atoms with Crippen molar-refractivity contribution in [1.82, 2.24) is 0 Å². The lowest BCUT2D eigenvalue weighted by Crippen LogP contribution is -2.01. The van der Waals surface area contributed by atoms with Gasteiger partial charge in [-0.05, 0) is 39.2 Å². The summed E-state index contributed by atoms with van der Waals surface area (Å²) in [5, 5.41) is 22.6. The Bertz CT molecular complexity index is 836. The Morgan fingerprint density at radius 3 is 2.43 bits per heavy atom. The molecule has 21 heavy (non-hydrogen) atoms. The van der Waals surface area contributed by atoms with Crippen LogP contribution in [-0.2, 0) is 0 Å². The highest BCUT2D eigenvalue weighted by Gasteiger charge is 2.13. The first kappa shape index (κ1) is 13.6. The number of fused-ring (bicyclic) bond motifs is 3. The highest BCUT2D eigenvalue weighted by atomic mass is 16.4. The lowest BCUT2D eigenvalue weighted by atomic mass is 9.90. The largest absolute Gasteiger partial charge is 0.478 e. The molecule has 2 N–H and O–H groups in total. The predicted octanol–water partition coefficient (Wildman–Crippen LogP) is 3.79. The summed E-state index contributed by atoms with van der Waals surface area (Å²) in [7, 11) is 0. The number of rotatable bonds is 3. The van der Waals surface area contributed by atoms with Gasteiger partial charge in [-0.3, -0.25) is 0 Å². The maximum atomic E-state index is 11.2. The van der Waals surface area contributed by atoms with Crippen molar-refractivity contribution in [2.75, 3.05) is 6.61 Å². The van der Waals surface area contributed by atoms with Crippen LogP contribution in [-0.4, -0.2) is 22.8 Å². The van der Waals surface area contributed by atoms with Crippen LogP contribution in [0.1, 0.15) is 28.8 Å². The number of carboxylic acids is 1. The lowest BCUT2D eigenvalue weighted by molar-refractivity contribution is 0.0697. The van der Waals surface area contributed by atoms with E-state index in [1.807, 2.05) is 43.3 Å². The van der Waals surface area contributed by atoms with Crippen LogP contribution in [0.4, 0.5) is 0 Å². The van der Waals surface area contributed by atoms with E-state index in [0.29, 0.717) is 0 Å². The van der Waals surface area contributed by atoms with Crippen molar-refractivity contribution in [2.45, 2.75) is 12.8 Å². The second-order valence-electron chi connectivity index (χ2n) is 5.34. The highest BCUT2D eigenvalue weighted by molar-refractivity contribution is 6.10. The van der Waals surface area contributed by atoms with Gasteiger partial charge in [-0.25, -0.2) is 4.79 Å². The molecule has 3 aromatic carbocycles. The topological polar surface area (TPSA) is 57.5 Å². The van der Waals surface area contributed by atoms with E-state index in [-0.39, 0.29) is 18.1 Å². The van der Waals surface area contributed by atoms with Crippen molar-refractivity contribution in [3.8, 4) is 0 Å². The van der Waals surface area contributed by atoms with Gasteiger partial charge in [0.25, 0.3) is 0 Å². The number of carboxylic acid groups (broad SMARTS) is 1. The van der Waals surface area contributed by atoms with Crippen molar-refractivity contribution in [1.29, 1.82) is 0 Å². The van der Waals surface area contributed by atoms with Gasteiger partial charge >= 0.3 is 5.97 Å². The SMILES string of the molecule is CC(CO)c1cc2ccc(C(=O)O)cc2c2ccccc12. The molecule has 0 amide bonds. The Morgan fingerprint density at radius 1 is 1.05 bits per heavy atom. The second kappa shape index (κ2) is 5.19. The fraction of sp³-hybridized carbons (Fsp3) is 0.167. The molecule has 0 aliphatic heterocycles. The molecule has 0 heterocycles. The maximum Gasteiger partial charge on any atom is 0.335 e. The summed E-state index contributed by atoms with van der Waals surface area (Å²) < 4.78 is 0. The highest BCUT2D eigenvalue weighted by Crippen LogP contribution is 2.33. The van der Waals surface area contributed by atoms with Gasteiger partial charge in [-0.2, -0.15) is 0 Å². The number of aliphatic hydroxyl groups is 1. The molecule has 3 heteroatoms. The zero-order valence-corrected chi connectivity index (χ0v) is 11.7. The molecule has 0 aromatic heterocycles. The van der Waals surface area contributed by atoms with E-state index in [2.05, 4.69) is 0 Å². The molecular formula is C18H16O3. The van der Waals surface area contributed by atoms with Crippen LogP contribution >= 0.6 is 0 Å². The molecule has 0 fully saturated rings. The Hall–Kier alpha value is -2.39. The molecule has 0 aliphatic carbocycles. The fourth-order valence-electron chi connectivity index (χ4n) is 2.77. The summed E-state index contributed by atoms with van der Waals surface area (Å²) in [6.45, 7) is 2.07. The number of carbonyl (C=O) groups is 1. The normalized spacial score (nSPS) is 12.7. The van der Waals surface area contributed by atoms with Crippen LogP contribution in [0.2, 0.25) is 0 Å². The van der Waals surface area contributed by atoms with Crippen LogP contribution in [0.5, 0.6) is 0 Å². The van der Waals surface area contributed by atoms with Crippen molar-refractivity contribution < 1.29 is 15.0 Å². The van der Waals surface area contributed by atoms with E-state index >= 15 is 0 Å². The van der Waals surface area contributed by atoms with Crippen LogP contribution in [0.15, 0.2) is 48.5 Å². The lowest BCUT2D eigenvalue weighted by Gasteiger charge is -2.15. The molecule has 1 unspecified atom stereocenters. The van der Waals surface area contributed by atoms with Crippen molar-refractivity contribution in [3.05, 3.63) is 59.7 Å². The van der Waals surface area contributed by atoms with Gasteiger partial charge in [-0.15, -0.1) is 0 Å². The van der Waals surface area contributed by atoms with Crippen molar-refractivity contribution >= 4 is 27.5 Å². The molecule has 3 nitrogen and oxygen atoms in total. The Labute approximate surface area is 122 Å². The molecule has 3 aromatic rings. The van der Waals surface area contributed by atoms with E-state index in [0.717, 1.165) is 27.1 Å². The Morgan fingerprint density at radius 2 is 1.76 bits per heavy atom. The van der Waals surface area contributed by atoms with Crippen molar-refractivity contribution in [3.63, 3.8) is 0 Å². The number of hydrogen-bond donors (Lipinski definition) is 2. The first-order valence-corrected chi connectivity index (χ1v) is 6.91. The maximum absolute atomic E-state index is 11.2. The van der Waals surface area contributed by atoms with Gasteiger partial charge in [-0.1, -0.05) is 43.3 Å². The molecule has 0 spiro atoms. The standard InChI is InChI=1S/C18H16O3/c1-11(10-19)16-8-12-6-7-13(18(20)21)9-17(12)15-5-3-2-4-14(15)16/h2-9,11,19H,10H2,1H3,(H,20,21). The minimum Gasteiger partial charge on any atom is -0.478 e. The number of aromatic carboxylic acids is 1. The van der Waals surface area contributed by atoms with Crippen LogP contribution in [0.3, 0.4) is 0 Å². The smallest absolute Gasteiger partial charge is 0.335 e. The predicted molar refractivity (Wildman–Crippen MR) is 83.9 cm³/mol. The number of hydrogen-bond acceptors (Lipinski definition) is 2. The average molecular weight is 280 g/mol. The summed E-state index contributed by atoms with van der Waals surface area (Å²) in [6, 6.07) is 15.1. The van der Waals surface area contributed by atoms with Gasteiger partial charge in [0.15, 0.2) is 0 Å². The molecule has 0 aliphatic rings. The molecule has 0 saturated carbocycles. The van der Waals surface area contributed by atoms with Gasteiger partial charge < -0.3 is 10.2 Å². The molecule has 1 atom stereocenters. The second-order valence-corrected chi connectivity index (χ2v) is 5.34. The minimum absolute atomic E-state index is 0.0402. The van der Waals surface area contributed by atoms with Crippen LogP contribution in [0, 0.1) is 0 Å². The van der Waals surface area contributed by atoms with E-state index in [4.69, 9.17) is 5.11 Å². The van der Waals surface area contributed by atoms with Crippen molar-refractivity contribution in [2.24, 2.45) is 0 Å². The first-order valence-electron chi connectivity index (χ1n) is 6.91. The third-order valence-corrected chi connectivity index (χ3v) is 3.94. The Kier molecular flexibility index (Phi) is 3.35. The fourth-order valence-corrected chi connectivity index (χ4v) is 2.77. The molecule has 0 saturated heterocycles. The van der Waals surface area contributed by atoms with Gasteiger partial charge in [0.1, 0.15) is 0 Å². The molecule has 0 radical (unpaired) electrons. The molecule has 106 valence electrons. The molecular weight excluding hydrogens is 264 g/mol. The third-order valence-electron chi connectivity index (χ3n) is 3.94. The van der Waals surface area contributed by atoms with Gasteiger partial charge in [0.2, 0.25) is 0 Å². The van der Waals surface area contributed by atoms with E-state index in [1.54, 1.807) is 12.1 Å². The minimum atomic E-state index is -0.922. The van der Waals surface area contributed by atoms with Crippen LogP contribution in [0.25, 0.3) is 21.5 Å². The number of benzene rings is 3. The molecule has 3 rings (SSSR count). The third kappa shape index (κ3) is 2.26. The molecule has 0 bridgehead atoms. The summed E-state index contributed by atoms with van der Waals surface area (Å²) in [6.07, 6.45) is 0. The summed E-state index contributed by atoms with van der Waals surface area (Å²) >= 11 is 0. The van der Waals surface area contributed by atoms with E-state index in [1.165, 1.54) is 0 Å². The van der Waals surface area contributed by atoms with Crippen LogP contribution < -0.4 is 0 Å². The van der Waals surface area contributed by atoms with E-state index in [9.17, 15) is 9.90 Å². The van der Waals surface area contributed by atoms with E-state index < -0.39 is 5.97 Å². The monoisotopic (exact) mass is 280 g/mol. The number of aliphatic hydroxyl groups excluding tert-OH is 1. The zero-order chi connectivity index (χ0) is 15.0.